The third-order valence-corrected chi connectivity index (χ3v) is 4.50. The number of aryl methyl sites for hydroxylation is 1. The van der Waals surface area contributed by atoms with Crippen molar-refractivity contribution in [3.63, 3.8) is 0 Å². The van der Waals surface area contributed by atoms with E-state index in [1.165, 1.54) is 16.5 Å². The molecule has 0 saturated carbocycles. The molecule has 2 heterocycles. The van der Waals surface area contributed by atoms with Crippen molar-refractivity contribution < 1.29 is 0 Å². The molecule has 2 aromatic heterocycles. The van der Waals surface area contributed by atoms with Crippen LogP contribution < -0.4 is 11.3 Å². The number of fused-ring (bicyclic) bond motifs is 1. The molecule has 0 saturated heterocycles. The van der Waals surface area contributed by atoms with Crippen LogP contribution in [0.25, 0.3) is 10.9 Å². The van der Waals surface area contributed by atoms with Gasteiger partial charge in [0.2, 0.25) is 0 Å². The Kier molecular flexibility index (Phi) is 4.34. The summed E-state index contributed by atoms with van der Waals surface area (Å²) in [6, 6.07) is 10.7. The minimum Gasteiger partial charge on any atom is -0.271 e. The van der Waals surface area contributed by atoms with Crippen LogP contribution in [0.3, 0.4) is 0 Å². The van der Waals surface area contributed by atoms with Gasteiger partial charge in [0.05, 0.1) is 11.2 Å². The second-order valence-electron chi connectivity index (χ2n) is 5.18. The van der Waals surface area contributed by atoms with Crippen molar-refractivity contribution >= 4 is 22.2 Å². The van der Waals surface area contributed by atoms with Crippen molar-refractivity contribution in [3.8, 4) is 0 Å². The summed E-state index contributed by atoms with van der Waals surface area (Å²) in [6.45, 7) is 3.00. The molecule has 0 aliphatic carbocycles. The highest BCUT2D eigenvalue weighted by atomic mass is 32.1. The molecule has 0 fully saturated rings. The summed E-state index contributed by atoms with van der Waals surface area (Å²) in [6.07, 6.45) is 1.76. The zero-order valence-corrected chi connectivity index (χ0v) is 12.9. The summed E-state index contributed by atoms with van der Waals surface area (Å²) in [7, 11) is 0. The van der Waals surface area contributed by atoms with Crippen LogP contribution >= 0.6 is 11.3 Å². The van der Waals surface area contributed by atoms with Crippen LogP contribution in [0.15, 0.2) is 41.1 Å². The average Bonchev–Trinajstić information content (AvgIpc) is 3.14. The van der Waals surface area contributed by atoms with E-state index in [9.17, 15) is 0 Å². The zero-order chi connectivity index (χ0) is 14.7. The normalized spacial score (nSPS) is 12.9. The van der Waals surface area contributed by atoms with E-state index in [0.29, 0.717) is 0 Å². The molecular weight excluding hydrogens is 280 g/mol. The van der Waals surface area contributed by atoms with Crippen molar-refractivity contribution in [3.05, 3.63) is 52.3 Å². The highest BCUT2D eigenvalue weighted by molar-refractivity contribution is 7.07. The van der Waals surface area contributed by atoms with Crippen LogP contribution in [0.4, 0.5) is 0 Å². The van der Waals surface area contributed by atoms with Crippen molar-refractivity contribution in [1.29, 1.82) is 0 Å². The Labute approximate surface area is 128 Å². The Hall–Kier alpha value is -1.69. The summed E-state index contributed by atoms with van der Waals surface area (Å²) in [5, 5.41) is 10.3. The number of thiophene rings is 1. The van der Waals surface area contributed by atoms with E-state index >= 15 is 0 Å². The first-order valence-electron chi connectivity index (χ1n) is 7.23. The lowest BCUT2D eigenvalue weighted by atomic mass is 10.0. The van der Waals surface area contributed by atoms with Gasteiger partial charge in [-0.25, -0.2) is 0 Å². The first-order chi connectivity index (χ1) is 10.3. The highest BCUT2D eigenvalue weighted by Crippen LogP contribution is 2.20. The quantitative estimate of drug-likeness (QED) is 0.543. The van der Waals surface area contributed by atoms with Gasteiger partial charge in [0.1, 0.15) is 0 Å². The molecule has 3 N–H and O–H groups in total. The van der Waals surface area contributed by atoms with E-state index in [-0.39, 0.29) is 6.04 Å². The third-order valence-electron chi connectivity index (χ3n) is 3.77. The zero-order valence-electron chi connectivity index (χ0n) is 12.1. The second-order valence-corrected chi connectivity index (χ2v) is 5.96. The van der Waals surface area contributed by atoms with Crippen molar-refractivity contribution in [2.45, 2.75) is 32.4 Å². The summed E-state index contributed by atoms with van der Waals surface area (Å²) >= 11 is 1.72. The Balaban J connectivity index is 1.86. The van der Waals surface area contributed by atoms with E-state index < -0.39 is 0 Å². The van der Waals surface area contributed by atoms with E-state index in [4.69, 9.17) is 10.9 Å². The van der Waals surface area contributed by atoms with Gasteiger partial charge in [-0.2, -0.15) is 16.4 Å². The molecule has 3 aromatic rings. The monoisotopic (exact) mass is 300 g/mol. The fourth-order valence-electron chi connectivity index (χ4n) is 2.70. The van der Waals surface area contributed by atoms with Crippen LogP contribution in [0.5, 0.6) is 0 Å². The highest BCUT2D eigenvalue weighted by Gasteiger charge is 2.15. The van der Waals surface area contributed by atoms with Gasteiger partial charge in [0.25, 0.3) is 0 Å². The van der Waals surface area contributed by atoms with Gasteiger partial charge in [-0.05, 0) is 41.8 Å². The predicted octanol–water partition coefficient (Wildman–Crippen LogP) is 2.73. The van der Waals surface area contributed by atoms with Crippen LogP contribution in [-0.2, 0) is 19.4 Å². The Morgan fingerprint density at radius 3 is 2.86 bits per heavy atom. The molecule has 1 unspecified atom stereocenters. The molecule has 0 amide bonds. The number of para-hydroxylation sites is 1. The Morgan fingerprint density at radius 1 is 1.29 bits per heavy atom. The predicted molar refractivity (Wildman–Crippen MR) is 88.2 cm³/mol. The molecule has 0 aliphatic heterocycles. The van der Waals surface area contributed by atoms with Gasteiger partial charge in [-0.1, -0.05) is 18.2 Å². The first kappa shape index (κ1) is 14.3. The SMILES string of the molecule is CCn1nc(CC(Cc2ccsc2)NN)c2ccccc21. The number of benzene rings is 1. The number of aromatic nitrogens is 2. The van der Waals surface area contributed by atoms with E-state index in [0.717, 1.165) is 25.1 Å². The fourth-order valence-corrected chi connectivity index (χ4v) is 3.39. The van der Waals surface area contributed by atoms with Gasteiger partial charge >= 0.3 is 0 Å². The number of hydrogen-bond donors (Lipinski definition) is 2. The van der Waals surface area contributed by atoms with Crippen LogP contribution in [0.1, 0.15) is 18.2 Å². The number of rotatable bonds is 6. The van der Waals surface area contributed by atoms with E-state index in [1.807, 2.05) is 0 Å². The second kappa shape index (κ2) is 6.39. The molecule has 21 heavy (non-hydrogen) atoms. The Morgan fingerprint density at radius 2 is 2.14 bits per heavy atom. The topological polar surface area (TPSA) is 55.9 Å². The molecule has 0 aliphatic rings. The Bertz CT molecular complexity index is 702. The molecule has 0 radical (unpaired) electrons. The maximum atomic E-state index is 5.74. The summed E-state index contributed by atoms with van der Waals surface area (Å²) in [5.74, 6) is 5.74. The minimum absolute atomic E-state index is 0.197. The van der Waals surface area contributed by atoms with Gasteiger partial charge < -0.3 is 0 Å². The molecule has 5 heteroatoms. The lowest BCUT2D eigenvalue weighted by molar-refractivity contribution is 0.514. The van der Waals surface area contributed by atoms with Gasteiger partial charge in [0.15, 0.2) is 0 Å². The molecule has 3 rings (SSSR count). The molecular formula is C16H20N4S. The molecule has 1 atom stereocenters. The largest absolute Gasteiger partial charge is 0.271 e. The first-order valence-corrected chi connectivity index (χ1v) is 8.17. The third kappa shape index (κ3) is 3.00. The number of nitrogens with zero attached hydrogens (tertiary/aromatic N) is 2. The van der Waals surface area contributed by atoms with Gasteiger partial charge in [0, 0.05) is 24.4 Å². The molecule has 1 aromatic carbocycles. The number of nitrogens with one attached hydrogen (secondary N) is 1. The smallest absolute Gasteiger partial charge is 0.0719 e. The fraction of sp³-hybridized carbons (Fsp3) is 0.312. The van der Waals surface area contributed by atoms with Crippen molar-refractivity contribution in [2.24, 2.45) is 5.84 Å². The van der Waals surface area contributed by atoms with Crippen LogP contribution in [-0.4, -0.2) is 15.8 Å². The van der Waals surface area contributed by atoms with Crippen molar-refractivity contribution in [1.82, 2.24) is 15.2 Å². The molecule has 110 valence electrons. The molecule has 0 bridgehead atoms. The van der Waals surface area contributed by atoms with E-state index in [2.05, 4.69) is 58.1 Å². The molecule has 0 spiro atoms. The summed E-state index contributed by atoms with van der Waals surface area (Å²) < 4.78 is 2.06. The maximum absolute atomic E-state index is 5.74. The average molecular weight is 300 g/mol. The number of nitrogens with two attached hydrogens (primary N) is 1. The molecule has 4 nitrogen and oxygen atoms in total. The lowest BCUT2D eigenvalue weighted by Gasteiger charge is -2.13. The summed E-state index contributed by atoms with van der Waals surface area (Å²) in [4.78, 5) is 0. The van der Waals surface area contributed by atoms with E-state index in [1.54, 1.807) is 11.3 Å². The van der Waals surface area contributed by atoms with Gasteiger partial charge in [-0.3, -0.25) is 16.0 Å². The standard InChI is InChI=1S/C16H20N4S/c1-2-20-16-6-4-3-5-14(16)15(19-20)10-13(18-17)9-12-7-8-21-11-12/h3-8,11,13,18H,2,9-10,17H2,1H3. The van der Waals surface area contributed by atoms with Gasteiger partial charge in [-0.15, -0.1) is 0 Å². The maximum Gasteiger partial charge on any atom is 0.0719 e. The number of hydrogen-bond acceptors (Lipinski definition) is 4. The summed E-state index contributed by atoms with van der Waals surface area (Å²) in [5.41, 5.74) is 6.57. The number of hydrazine groups is 1. The minimum atomic E-state index is 0.197. The van der Waals surface area contributed by atoms with Crippen LogP contribution in [0.2, 0.25) is 0 Å². The van der Waals surface area contributed by atoms with Crippen LogP contribution in [0, 0.1) is 0 Å². The van der Waals surface area contributed by atoms with Crippen molar-refractivity contribution in [2.75, 3.05) is 0 Å². The lowest BCUT2D eigenvalue weighted by Crippen LogP contribution is -2.38.